The van der Waals surface area contributed by atoms with Crippen molar-refractivity contribution < 1.29 is 4.57 Å². The van der Waals surface area contributed by atoms with Gasteiger partial charge in [-0.3, -0.25) is 4.57 Å². The van der Waals surface area contributed by atoms with Crippen molar-refractivity contribution in [3.05, 3.63) is 0 Å². The first-order valence-electron chi connectivity index (χ1n) is 2.79. The second kappa shape index (κ2) is 6.80. The van der Waals surface area contributed by atoms with Crippen molar-refractivity contribution >= 4 is 31.7 Å². The molecule has 0 radical (unpaired) electrons. The summed E-state index contributed by atoms with van der Waals surface area (Å²) in [5.74, 6) is 1.13. The molecule has 0 aliphatic rings. The van der Waals surface area contributed by atoms with E-state index in [9.17, 15) is 4.57 Å². The van der Waals surface area contributed by atoms with E-state index in [-0.39, 0.29) is 14.1 Å². The normalized spacial score (nSPS) is 11.0. The molecule has 54 valence electrons. The van der Waals surface area contributed by atoms with Crippen molar-refractivity contribution in [2.75, 3.05) is 11.8 Å². The van der Waals surface area contributed by atoms with Gasteiger partial charge in [0, 0.05) is 17.4 Å². The number of halogens is 2. The summed E-state index contributed by atoms with van der Waals surface area (Å²) in [7, 11) is 0.172. The van der Waals surface area contributed by atoms with Crippen molar-refractivity contribution in [1.82, 2.24) is 0 Å². The largest absolute Gasteiger partial charge is 0.275 e. The quantitative estimate of drug-likeness (QED) is 0.477. The zero-order valence-electron chi connectivity index (χ0n) is 5.02. The standard InChI is InChI=1S/C5H9Cl2OP/c6-3-1-5(9-8)2-4-7/h5H,1-4H2. The first kappa shape index (κ1) is 9.68. The summed E-state index contributed by atoms with van der Waals surface area (Å²) in [6, 6.07) is 0. The molecule has 4 heteroatoms. The number of alkyl halides is 2. The van der Waals surface area contributed by atoms with Gasteiger partial charge in [-0.15, -0.1) is 23.2 Å². The highest BCUT2D eigenvalue weighted by atomic mass is 35.5. The Morgan fingerprint density at radius 2 is 1.67 bits per heavy atom. The van der Waals surface area contributed by atoms with E-state index in [0.29, 0.717) is 11.8 Å². The molecule has 0 aromatic heterocycles. The van der Waals surface area contributed by atoms with Gasteiger partial charge >= 0.3 is 0 Å². The Hall–Kier alpha value is 0.680. The van der Waals surface area contributed by atoms with Crippen LogP contribution in [-0.2, 0) is 4.57 Å². The van der Waals surface area contributed by atoms with Crippen LogP contribution in [0.5, 0.6) is 0 Å². The molecule has 0 unspecified atom stereocenters. The molecule has 9 heavy (non-hydrogen) atoms. The number of hydrogen-bond donors (Lipinski definition) is 0. The van der Waals surface area contributed by atoms with Crippen molar-refractivity contribution in [3.63, 3.8) is 0 Å². The smallest absolute Gasteiger partial charge is 0.158 e. The summed E-state index contributed by atoms with van der Waals surface area (Å²) in [5.41, 5.74) is 0.167. The van der Waals surface area contributed by atoms with Gasteiger partial charge in [0.1, 0.15) is 0 Å². The molecule has 0 rings (SSSR count). The topological polar surface area (TPSA) is 17.1 Å². The van der Waals surface area contributed by atoms with E-state index < -0.39 is 0 Å². The molecule has 0 atom stereocenters. The van der Waals surface area contributed by atoms with Crippen molar-refractivity contribution in [2.45, 2.75) is 18.5 Å². The molecule has 0 amide bonds. The summed E-state index contributed by atoms with van der Waals surface area (Å²) < 4.78 is 10.3. The summed E-state index contributed by atoms with van der Waals surface area (Å²) in [4.78, 5) is 0. The van der Waals surface area contributed by atoms with Gasteiger partial charge in [-0.25, -0.2) is 0 Å². The van der Waals surface area contributed by atoms with Crippen LogP contribution < -0.4 is 0 Å². The summed E-state index contributed by atoms with van der Waals surface area (Å²) in [6.07, 6.45) is 1.58. The number of rotatable bonds is 5. The highest BCUT2D eigenvalue weighted by Gasteiger charge is 2.05. The maximum Gasteiger partial charge on any atom is 0.158 e. The van der Waals surface area contributed by atoms with Gasteiger partial charge in [-0.05, 0) is 12.8 Å². The highest BCUT2D eigenvalue weighted by molar-refractivity contribution is 7.24. The van der Waals surface area contributed by atoms with Gasteiger partial charge in [0.2, 0.25) is 0 Å². The van der Waals surface area contributed by atoms with Gasteiger partial charge in [0.05, 0.1) is 0 Å². The average Bonchev–Trinajstić information content (AvgIpc) is 1.88. The van der Waals surface area contributed by atoms with Crippen molar-refractivity contribution in [1.29, 1.82) is 0 Å². The Kier molecular flexibility index (Phi) is 7.31. The molecule has 0 fully saturated rings. The van der Waals surface area contributed by atoms with Crippen LogP contribution in [0.15, 0.2) is 0 Å². The van der Waals surface area contributed by atoms with Crippen LogP contribution in [0.3, 0.4) is 0 Å². The van der Waals surface area contributed by atoms with Gasteiger partial charge in [0.25, 0.3) is 0 Å². The Balaban J connectivity index is 3.29. The molecule has 0 aliphatic carbocycles. The molecule has 0 bridgehead atoms. The Bertz CT molecular complexity index is 73.4. The molecule has 0 aromatic rings. The van der Waals surface area contributed by atoms with E-state index in [4.69, 9.17) is 23.2 Å². The lowest BCUT2D eigenvalue weighted by atomic mass is 10.3. The minimum Gasteiger partial charge on any atom is -0.275 e. The van der Waals surface area contributed by atoms with Crippen molar-refractivity contribution in [2.24, 2.45) is 0 Å². The summed E-state index contributed by atoms with van der Waals surface area (Å²) in [6.45, 7) is 0. The Morgan fingerprint density at radius 3 is 1.89 bits per heavy atom. The van der Waals surface area contributed by atoms with Crippen LogP contribution in [0.25, 0.3) is 0 Å². The minimum absolute atomic E-state index is 0.167. The van der Waals surface area contributed by atoms with E-state index >= 15 is 0 Å². The predicted molar refractivity (Wildman–Crippen MR) is 42.1 cm³/mol. The van der Waals surface area contributed by atoms with Crippen LogP contribution >= 0.6 is 31.7 Å². The minimum atomic E-state index is 0.167. The Morgan fingerprint density at radius 1 is 1.22 bits per heavy atom. The van der Waals surface area contributed by atoms with Crippen LogP contribution in [0, 0.1) is 0 Å². The van der Waals surface area contributed by atoms with Gasteiger partial charge in [0.15, 0.2) is 8.46 Å². The fourth-order valence-corrected chi connectivity index (χ4v) is 1.80. The van der Waals surface area contributed by atoms with Crippen LogP contribution in [0.2, 0.25) is 0 Å². The molecule has 0 saturated carbocycles. The molecule has 0 aromatic carbocycles. The van der Waals surface area contributed by atoms with E-state index in [1.165, 1.54) is 0 Å². The maximum atomic E-state index is 10.3. The van der Waals surface area contributed by atoms with Gasteiger partial charge in [-0.1, -0.05) is 0 Å². The molecule has 0 spiro atoms. The molecule has 0 heterocycles. The third-order valence-electron chi connectivity index (χ3n) is 1.03. The second-order valence-electron chi connectivity index (χ2n) is 1.71. The van der Waals surface area contributed by atoms with E-state index in [1.807, 2.05) is 0 Å². The lowest BCUT2D eigenvalue weighted by Gasteiger charge is -2.01. The number of hydrogen-bond acceptors (Lipinski definition) is 1. The lowest BCUT2D eigenvalue weighted by molar-refractivity contribution is 0.586. The lowest BCUT2D eigenvalue weighted by Crippen LogP contribution is -1.99. The summed E-state index contributed by atoms with van der Waals surface area (Å²) in [5, 5.41) is 0. The molecule has 0 N–H and O–H groups in total. The highest BCUT2D eigenvalue weighted by Crippen LogP contribution is 2.16. The summed E-state index contributed by atoms with van der Waals surface area (Å²) >= 11 is 10.8. The first-order chi connectivity index (χ1) is 4.35. The third-order valence-corrected chi connectivity index (χ3v) is 2.28. The fourth-order valence-electron chi connectivity index (χ4n) is 0.502. The first-order valence-corrected chi connectivity index (χ1v) is 4.74. The molecule has 1 nitrogen and oxygen atoms in total. The zero-order valence-corrected chi connectivity index (χ0v) is 7.42. The van der Waals surface area contributed by atoms with Gasteiger partial charge < -0.3 is 0 Å². The van der Waals surface area contributed by atoms with E-state index in [1.54, 1.807) is 0 Å². The predicted octanol–water partition coefficient (Wildman–Crippen LogP) is 2.90. The second-order valence-corrected chi connectivity index (χ2v) is 3.41. The third kappa shape index (κ3) is 5.14. The van der Waals surface area contributed by atoms with Crippen LogP contribution in [-0.4, -0.2) is 17.4 Å². The van der Waals surface area contributed by atoms with E-state index in [2.05, 4.69) is 0 Å². The van der Waals surface area contributed by atoms with Crippen molar-refractivity contribution in [3.8, 4) is 0 Å². The van der Waals surface area contributed by atoms with Gasteiger partial charge in [-0.2, -0.15) is 0 Å². The molecular weight excluding hydrogens is 178 g/mol. The van der Waals surface area contributed by atoms with E-state index in [0.717, 1.165) is 12.8 Å². The molecule has 0 aliphatic heterocycles. The van der Waals surface area contributed by atoms with Crippen LogP contribution in [0.4, 0.5) is 0 Å². The molecule has 0 saturated heterocycles. The van der Waals surface area contributed by atoms with Crippen LogP contribution in [0.1, 0.15) is 12.8 Å². The average molecular weight is 187 g/mol. The Labute approximate surface area is 66.9 Å². The maximum absolute atomic E-state index is 10.3. The monoisotopic (exact) mass is 186 g/mol. The molecular formula is C5H9Cl2OP. The zero-order chi connectivity index (χ0) is 7.11. The fraction of sp³-hybridized carbons (Fsp3) is 1.00. The SMILES string of the molecule is O=PC(CCCl)CCCl.